The van der Waals surface area contributed by atoms with Crippen LogP contribution in [0, 0.1) is 13.8 Å². The summed E-state index contributed by atoms with van der Waals surface area (Å²) in [6.07, 6.45) is 2.60. The van der Waals surface area contributed by atoms with E-state index in [4.69, 9.17) is 0 Å². The number of hydrogen-bond donors (Lipinski definition) is 1. The third-order valence-electron chi connectivity index (χ3n) is 3.63. The van der Waals surface area contributed by atoms with E-state index in [1.54, 1.807) is 0 Å². The Morgan fingerprint density at radius 3 is 2.67 bits per heavy atom. The average Bonchev–Trinajstić information content (AvgIpc) is 2.18. The Morgan fingerprint density at radius 2 is 2.07 bits per heavy atom. The first-order chi connectivity index (χ1) is 7.12. The highest BCUT2D eigenvalue weighted by Crippen LogP contribution is 2.32. The molecule has 1 atom stereocenters. The monoisotopic (exact) mass is 203 g/mol. The predicted molar refractivity (Wildman–Crippen MR) is 65.4 cm³/mol. The summed E-state index contributed by atoms with van der Waals surface area (Å²) >= 11 is 0. The molecule has 0 aromatic heterocycles. The van der Waals surface area contributed by atoms with Crippen LogP contribution >= 0.6 is 0 Å². The molecule has 1 saturated heterocycles. The van der Waals surface area contributed by atoms with Crippen LogP contribution in [-0.2, 0) is 5.41 Å². The molecule has 0 spiro atoms. The van der Waals surface area contributed by atoms with Crippen LogP contribution in [0.4, 0.5) is 0 Å². The third-order valence-corrected chi connectivity index (χ3v) is 3.63. The minimum Gasteiger partial charge on any atom is -0.316 e. The van der Waals surface area contributed by atoms with Crippen LogP contribution in [0.2, 0.25) is 0 Å². The summed E-state index contributed by atoms with van der Waals surface area (Å²) in [5.74, 6) is 0. The number of nitrogens with one attached hydrogen (secondary N) is 1. The van der Waals surface area contributed by atoms with Crippen molar-refractivity contribution in [3.05, 3.63) is 34.9 Å². The minimum atomic E-state index is 0.343. The van der Waals surface area contributed by atoms with E-state index in [0.717, 1.165) is 6.54 Å². The molecule has 1 aliphatic rings. The Labute approximate surface area is 92.9 Å². The molecule has 1 unspecified atom stereocenters. The molecule has 1 heteroatoms. The summed E-state index contributed by atoms with van der Waals surface area (Å²) in [4.78, 5) is 0. The van der Waals surface area contributed by atoms with Gasteiger partial charge >= 0.3 is 0 Å². The van der Waals surface area contributed by atoms with Gasteiger partial charge in [0.2, 0.25) is 0 Å². The Kier molecular flexibility index (Phi) is 2.83. The molecular weight excluding hydrogens is 182 g/mol. The van der Waals surface area contributed by atoms with Gasteiger partial charge in [-0.2, -0.15) is 0 Å². The molecule has 1 aliphatic heterocycles. The van der Waals surface area contributed by atoms with E-state index in [9.17, 15) is 0 Å². The molecule has 1 fully saturated rings. The van der Waals surface area contributed by atoms with Crippen molar-refractivity contribution in [1.82, 2.24) is 5.32 Å². The summed E-state index contributed by atoms with van der Waals surface area (Å²) in [5, 5.41) is 3.52. The molecule has 15 heavy (non-hydrogen) atoms. The van der Waals surface area contributed by atoms with Gasteiger partial charge < -0.3 is 5.32 Å². The molecule has 0 amide bonds. The lowest BCUT2D eigenvalue weighted by atomic mass is 9.74. The van der Waals surface area contributed by atoms with E-state index in [1.807, 2.05) is 0 Å². The lowest BCUT2D eigenvalue weighted by molar-refractivity contribution is 0.338. The molecule has 1 nitrogen and oxygen atoms in total. The lowest BCUT2D eigenvalue weighted by Crippen LogP contribution is -2.41. The number of rotatable bonds is 1. The van der Waals surface area contributed by atoms with Crippen molar-refractivity contribution in [3.63, 3.8) is 0 Å². The van der Waals surface area contributed by atoms with Gasteiger partial charge in [-0.1, -0.05) is 30.7 Å². The second-order valence-electron chi connectivity index (χ2n) is 5.16. The first kappa shape index (κ1) is 10.7. The van der Waals surface area contributed by atoms with Crippen molar-refractivity contribution >= 4 is 0 Å². The smallest absolute Gasteiger partial charge is 0.00526 e. The fourth-order valence-corrected chi connectivity index (χ4v) is 2.78. The van der Waals surface area contributed by atoms with Gasteiger partial charge in [0.05, 0.1) is 0 Å². The normalized spacial score (nSPS) is 26.6. The average molecular weight is 203 g/mol. The van der Waals surface area contributed by atoms with E-state index < -0.39 is 0 Å². The molecule has 1 aromatic rings. The van der Waals surface area contributed by atoms with Gasteiger partial charge in [0, 0.05) is 12.0 Å². The molecular formula is C14H21N. The highest BCUT2D eigenvalue weighted by atomic mass is 14.9. The molecule has 1 heterocycles. The largest absolute Gasteiger partial charge is 0.316 e. The van der Waals surface area contributed by atoms with E-state index in [1.165, 1.54) is 36.1 Å². The number of aryl methyl sites for hydroxylation is 2. The second kappa shape index (κ2) is 3.97. The summed E-state index contributed by atoms with van der Waals surface area (Å²) in [6, 6.07) is 6.86. The number of benzene rings is 1. The standard InChI is InChI=1S/C14H21N/c1-11-5-6-13(12(2)9-11)14(3)7-4-8-15-10-14/h5-6,9,15H,4,7-8,10H2,1-3H3. The lowest BCUT2D eigenvalue weighted by Gasteiger charge is -2.36. The van der Waals surface area contributed by atoms with Crippen molar-refractivity contribution in [3.8, 4) is 0 Å². The van der Waals surface area contributed by atoms with E-state index in [-0.39, 0.29) is 0 Å². The van der Waals surface area contributed by atoms with Gasteiger partial charge in [0.15, 0.2) is 0 Å². The topological polar surface area (TPSA) is 12.0 Å². The second-order valence-corrected chi connectivity index (χ2v) is 5.16. The Morgan fingerprint density at radius 1 is 1.27 bits per heavy atom. The van der Waals surface area contributed by atoms with Gasteiger partial charge in [-0.25, -0.2) is 0 Å². The Balaban J connectivity index is 2.35. The Hall–Kier alpha value is -0.820. The number of hydrogen-bond acceptors (Lipinski definition) is 1. The van der Waals surface area contributed by atoms with Crippen molar-refractivity contribution in [2.24, 2.45) is 0 Å². The van der Waals surface area contributed by atoms with Crippen LogP contribution in [0.25, 0.3) is 0 Å². The zero-order valence-corrected chi connectivity index (χ0v) is 10.1. The van der Waals surface area contributed by atoms with Gasteiger partial charge in [0.1, 0.15) is 0 Å². The highest BCUT2D eigenvalue weighted by molar-refractivity contribution is 5.36. The molecule has 82 valence electrons. The predicted octanol–water partition coefficient (Wildman–Crippen LogP) is 2.94. The summed E-state index contributed by atoms with van der Waals surface area (Å²) in [5.41, 5.74) is 4.68. The molecule has 0 saturated carbocycles. The van der Waals surface area contributed by atoms with Gasteiger partial charge in [-0.15, -0.1) is 0 Å². The van der Waals surface area contributed by atoms with Crippen LogP contribution in [0.1, 0.15) is 36.5 Å². The number of piperidine rings is 1. The van der Waals surface area contributed by atoms with Crippen LogP contribution in [0.5, 0.6) is 0 Å². The third kappa shape index (κ3) is 2.07. The van der Waals surface area contributed by atoms with Crippen LogP contribution < -0.4 is 5.32 Å². The molecule has 2 rings (SSSR count). The first-order valence-corrected chi connectivity index (χ1v) is 5.90. The highest BCUT2D eigenvalue weighted by Gasteiger charge is 2.29. The maximum Gasteiger partial charge on any atom is 0.00526 e. The van der Waals surface area contributed by atoms with Gasteiger partial charge in [-0.3, -0.25) is 0 Å². The minimum absolute atomic E-state index is 0.343. The summed E-state index contributed by atoms with van der Waals surface area (Å²) < 4.78 is 0. The van der Waals surface area contributed by atoms with E-state index in [0.29, 0.717) is 5.41 Å². The molecule has 0 radical (unpaired) electrons. The van der Waals surface area contributed by atoms with E-state index >= 15 is 0 Å². The maximum absolute atomic E-state index is 3.52. The molecule has 1 aromatic carbocycles. The van der Waals surface area contributed by atoms with Crippen LogP contribution in [0.3, 0.4) is 0 Å². The molecule has 0 aliphatic carbocycles. The van der Waals surface area contributed by atoms with Gasteiger partial charge in [0.25, 0.3) is 0 Å². The maximum atomic E-state index is 3.52. The SMILES string of the molecule is Cc1ccc(C2(C)CCCNC2)c(C)c1. The van der Waals surface area contributed by atoms with Crippen molar-refractivity contribution in [2.45, 2.75) is 39.0 Å². The Bertz CT molecular complexity index is 348. The quantitative estimate of drug-likeness (QED) is 0.740. The van der Waals surface area contributed by atoms with Gasteiger partial charge in [-0.05, 0) is 44.4 Å². The van der Waals surface area contributed by atoms with Crippen molar-refractivity contribution in [1.29, 1.82) is 0 Å². The van der Waals surface area contributed by atoms with Crippen LogP contribution in [-0.4, -0.2) is 13.1 Å². The molecule has 0 bridgehead atoms. The summed E-state index contributed by atoms with van der Waals surface area (Å²) in [7, 11) is 0. The fraction of sp³-hybridized carbons (Fsp3) is 0.571. The zero-order valence-electron chi connectivity index (χ0n) is 10.1. The zero-order chi connectivity index (χ0) is 10.9. The van der Waals surface area contributed by atoms with E-state index in [2.05, 4.69) is 44.3 Å². The van der Waals surface area contributed by atoms with Crippen molar-refractivity contribution in [2.75, 3.05) is 13.1 Å². The fourth-order valence-electron chi connectivity index (χ4n) is 2.78. The molecule has 1 N–H and O–H groups in total. The van der Waals surface area contributed by atoms with Crippen molar-refractivity contribution < 1.29 is 0 Å². The summed E-state index contributed by atoms with van der Waals surface area (Å²) in [6.45, 7) is 9.09. The first-order valence-electron chi connectivity index (χ1n) is 5.90. The van der Waals surface area contributed by atoms with Crippen LogP contribution in [0.15, 0.2) is 18.2 Å².